The molecule has 110 valence electrons. The van der Waals surface area contributed by atoms with Crippen molar-refractivity contribution in [2.45, 2.75) is 71.4 Å². The van der Waals surface area contributed by atoms with Gasteiger partial charge >= 0.3 is 0 Å². The van der Waals surface area contributed by atoms with Crippen LogP contribution < -0.4 is 5.32 Å². The smallest absolute Gasteiger partial charge is 0.239 e. The summed E-state index contributed by atoms with van der Waals surface area (Å²) in [4.78, 5) is 14.4. The maximum absolute atomic E-state index is 12.4. The Bertz CT molecular complexity index is 299. The molecule has 0 radical (unpaired) electrons. The lowest BCUT2D eigenvalue weighted by molar-refractivity contribution is -0.134. The lowest BCUT2D eigenvalue weighted by Crippen LogP contribution is -2.50. The first-order valence-electron chi connectivity index (χ1n) is 8.12. The second-order valence-electron chi connectivity index (χ2n) is 6.74. The number of nitrogens with zero attached hydrogens (tertiary/aromatic N) is 1. The fourth-order valence-corrected chi connectivity index (χ4v) is 3.51. The fourth-order valence-electron chi connectivity index (χ4n) is 3.51. The van der Waals surface area contributed by atoms with Gasteiger partial charge in [-0.25, -0.2) is 0 Å². The topological polar surface area (TPSA) is 32.3 Å². The Morgan fingerprint density at radius 1 is 1.11 bits per heavy atom. The van der Waals surface area contributed by atoms with Gasteiger partial charge in [0.25, 0.3) is 0 Å². The van der Waals surface area contributed by atoms with Crippen molar-refractivity contribution in [3.8, 4) is 0 Å². The van der Waals surface area contributed by atoms with Crippen LogP contribution in [-0.2, 0) is 4.79 Å². The quantitative estimate of drug-likeness (QED) is 0.852. The summed E-state index contributed by atoms with van der Waals surface area (Å²) in [6.07, 6.45) is 7.38. The minimum atomic E-state index is -0.0105. The zero-order valence-electron chi connectivity index (χ0n) is 12.8. The molecule has 2 rings (SSSR count). The van der Waals surface area contributed by atoms with Crippen LogP contribution in [0.1, 0.15) is 59.3 Å². The Balaban J connectivity index is 1.79. The summed E-state index contributed by atoms with van der Waals surface area (Å²) in [7, 11) is 0. The highest BCUT2D eigenvalue weighted by Crippen LogP contribution is 2.29. The monoisotopic (exact) mass is 266 g/mol. The van der Waals surface area contributed by atoms with E-state index in [1.165, 1.54) is 38.5 Å². The molecule has 0 bridgehead atoms. The van der Waals surface area contributed by atoms with Gasteiger partial charge in [-0.05, 0) is 57.3 Å². The maximum atomic E-state index is 12.4. The molecule has 0 aromatic carbocycles. The van der Waals surface area contributed by atoms with Gasteiger partial charge in [0.2, 0.25) is 5.91 Å². The van der Waals surface area contributed by atoms with Gasteiger partial charge in [0.15, 0.2) is 0 Å². The van der Waals surface area contributed by atoms with Gasteiger partial charge in [0.1, 0.15) is 0 Å². The van der Waals surface area contributed by atoms with Crippen LogP contribution in [0.25, 0.3) is 0 Å². The second-order valence-corrected chi connectivity index (χ2v) is 6.74. The number of rotatable bonds is 3. The van der Waals surface area contributed by atoms with Crippen molar-refractivity contribution in [2.75, 3.05) is 13.1 Å². The Hall–Kier alpha value is -0.570. The normalized spacial score (nSPS) is 34.1. The van der Waals surface area contributed by atoms with E-state index in [1.807, 2.05) is 6.92 Å². The number of amides is 1. The highest BCUT2D eigenvalue weighted by atomic mass is 16.2. The molecule has 1 saturated carbocycles. The zero-order valence-corrected chi connectivity index (χ0v) is 12.8. The molecule has 1 heterocycles. The summed E-state index contributed by atoms with van der Waals surface area (Å²) in [6.45, 7) is 8.66. The first-order chi connectivity index (χ1) is 9.08. The lowest BCUT2D eigenvalue weighted by Gasteiger charge is -2.35. The molecule has 1 N–H and O–H groups in total. The van der Waals surface area contributed by atoms with Crippen molar-refractivity contribution in [1.29, 1.82) is 0 Å². The third-order valence-corrected chi connectivity index (χ3v) is 5.12. The maximum Gasteiger partial charge on any atom is 0.239 e. The summed E-state index contributed by atoms with van der Waals surface area (Å²) in [6, 6.07) is 0.527. The zero-order chi connectivity index (χ0) is 13.8. The van der Waals surface area contributed by atoms with Crippen LogP contribution in [0.15, 0.2) is 0 Å². The average Bonchev–Trinajstić information content (AvgIpc) is 2.43. The number of piperidine rings is 1. The van der Waals surface area contributed by atoms with E-state index in [-0.39, 0.29) is 6.04 Å². The average molecular weight is 266 g/mol. The van der Waals surface area contributed by atoms with E-state index >= 15 is 0 Å². The summed E-state index contributed by atoms with van der Waals surface area (Å²) in [5, 5.41) is 3.58. The van der Waals surface area contributed by atoms with Crippen molar-refractivity contribution < 1.29 is 4.79 Å². The molecular formula is C16H30N2O. The third-order valence-electron chi connectivity index (χ3n) is 5.12. The highest BCUT2D eigenvalue weighted by Gasteiger charge is 2.28. The van der Waals surface area contributed by atoms with Crippen LogP contribution in [0, 0.1) is 11.8 Å². The molecule has 4 unspecified atom stereocenters. The van der Waals surface area contributed by atoms with Crippen LogP contribution in [0.3, 0.4) is 0 Å². The van der Waals surface area contributed by atoms with Crippen molar-refractivity contribution in [1.82, 2.24) is 10.2 Å². The van der Waals surface area contributed by atoms with Crippen molar-refractivity contribution in [3.63, 3.8) is 0 Å². The van der Waals surface area contributed by atoms with E-state index in [1.54, 1.807) is 0 Å². The van der Waals surface area contributed by atoms with E-state index < -0.39 is 0 Å². The number of hydrogen-bond acceptors (Lipinski definition) is 2. The molecular weight excluding hydrogens is 236 g/mol. The predicted octanol–water partition coefficient (Wildman–Crippen LogP) is 2.80. The molecule has 3 heteroatoms. The summed E-state index contributed by atoms with van der Waals surface area (Å²) in [5.74, 6) is 1.93. The molecule has 19 heavy (non-hydrogen) atoms. The predicted molar refractivity (Wildman–Crippen MR) is 79.0 cm³/mol. The molecule has 1 saturated heterocycles. The molecule has 0 spiro atoms. The van der Waals surface area contributed by atoms with Crippen molar-refractivity contribution >= 4 is 5.91 Å². The molecule has 2 aliphatic rings. The van der Waals surface area contributed by atoms with Gasteiger partial charge in [-0.2, -0.15) is 0 Å². The number of likely N-dealkylation sites (tertiary alicyclic amines) is 1. The van der Waals surface area contributed by atoms with E-state index in [2.05, 4.69) is 24.1 Å². The second kappa shape index (κ2) is 6.74. The van der Waals surface area contributed by atoms with Crippen LogP contribution in [0.5, 0.6) is 0 Å². The first kappa shape index (κ1) is 14.8. The Morgan fingerprint density at radius 2 is 1.79 bits per heavy atom. The Kier molecular flexibility index (Phi) is 5.26. The summed E-state index contributed by atoms with van der Waals surface area (Å²) < 4.78 is 0. The largest absolute Gasteiger partial charge is 0.341 e. The lowest BCUT2D eigenvalue weighted by atomic mass is 9.79. The van der Waals surface area contributed by atoms with Gasteiger partial charge in [0.05, 0.1) is 6.04 Å². The van der Waals surface area contributed by atoms with Crippen LogP contribution in [0.2, 0.25) is 0 Å². The van der Waals surface area contributed by atoms with E-state index in [9.17, 15) is 4.79 Å². The summed E-state index contributed by atoms with van der Waals surface area (Å²) in [5.41, 5.74) is 0. The highest BCUT2D eigenvalue weighted by molar-refractivity contribution is 5.81. The van der Waals surface area contributed by atoms with Crippen molar-refractivity contribution in [2.24, 2.45) is 11.8 Å². The minimum Gasteiger partial charge on any atom is -0.341 e. The molecule has 1 aliphatic carbocycles. The summed E-state index contributed by atoms with van der Waals surface area (Å²) >= 11 is 0. The van der Waals surface area contributed by atoms with Crippen molar-refractivity contribution in [3.05, 3.63) is 0 Å². The molecule has 0 aromatic rings. The Morgan fingerprint density at radius 3 is 2.42 bits per heavy atom. The molecule has 0 aromatic heterocycles. The third kappa shape index (κ3) is 3.95. The molecule has 1 amide bonds. The number of hydrogen-bond donors (Lipinski definition) is 1. The molecule has 1 aliphatic heterocycles. The van der Waals surface area contributed by atoms with Gasteiger partial charge in [-0.15, -0.1) is 0 Å². The molecule has 3 nitrogen and oxygen atoms in total. The van der Waals surface area contributed by atoms with Crippen LogP contribution in [0.4, 0.5) is 0 Å². The Labute approximate surface area is 118 Å². The first-order valence-corrected chi connectivity index (χ1v) is 8.12. The van der Waals surface area contributed by atoms with Crippen LogP contribution in [-0.4, -0.2) is 36.0 Å². The fraction of sp³-hybridized carbons (Fsp3) is 0.938. The van der Waals surface area contributed by atoms with Gasteiger partial charge in [-0.1, -0.05) is 13.8 Å². The SMILES string of the molecule is CC(NC1CCC(C)C(C)C1)C(=O)N1CCCCC1. The van der Waals surface area contributed by atoms with Gasteiger partial charge in [-0.3, -0.25) is 4.79 Å². The number of nitrogens with one attached hydrogen (secondary N) is 1. The standard InChI is InChI=1S/C16H30N2O/c1-12-7-8-15(11-13(12)2)17-14(3)16(19)18-9-5-4-6-10-18/h12-15,17H,4-11H2,1-3H3. The molecule has 2 fully saturated rings. The van der Waals surface area contributed by atoms with E-state index in [4.69, 9.17) is 0 Å². The van der Waals surface area contributed by atoms with Gasteiger partial charge in [0, 0.05) is 19.1 Å². The van der Waals surface area contributed by atoms with E-state index in [0.717, 1.165) is 24.9 Å². The molecule has 4 atom stereocenters. The number of carbonyl (C=O) groups excluding carboxylic acids is 1. The van der Waals surface area contributed by atoms with E-state index in [0.29, 0.717) is 11.9 Å². The van der Waals surface area contributed by atoms with Gasteiger partial charge < -0.3 is 10.2 Å². The number of carbonyl (C=O) groups is 1. The minimum absolute atomic E-state index is 0.0105. The van der Waals surface area contributed by atoms with Crippen LogP contribution >= 0.6 is 0 Å².